The van der Waals surface area contributed by atoms with E-state index in [9.17, 15) is 9.90 Å². The minimum atomic E-state index is -1.48. The molecule has 1 N–H and O–H groups in total. The van der Waals surface area contributed by atoms with Gasteiger partial charge in [-0.25, -0.2) is 4.79 Å². The molecule has 1 atom stereocenters. The molecule has 0 fully saturated rings. The third-order valence-electron chi connectivity index (χ3n) is 1.33. The first-order chi connectivity index (χ1) is 6.00. The smallest absolute Gasteiger partial charge is 0.353 e. The number of halogens is 1. The molecule has 1 aromatic rings. The summed E-state index contributed by atoms with van der Waals surface area (Å²) in [5, 5.41) is 9.26. The molecule has 0 saturated heterocycles. The molecule has 0 aliphatic rings. The summed E-state index contributed by atoms with van der Waals surface area (Å²) in [7, 11) is 0. The van der Waals surface area contributed by atoms with Crippen LogP contribution in [0.5, 0.6) is 5.75 Å². The number of rotatable bonds is 2. The molecule has 0 saturated carbocycles. The van der Waals surface area contributed by atoms with Gasteiger partial charge in [-0.15, -0.1) is 0 Å². The Bertz CT molecular complexity index is 289. The number of esters is 1. The topological polar surface area (TPSA) is 46.5 Å². The van der Waals surface area contributed by atoms with Crippen molar-refractivity contribution in [1.82, 2.24) is 0 Å². The standard InChI is InChI=1S/C9H9IO3/c1-9(10,12)8(11)13-7-5-3-2-4-6-7/h2-6,12H,1H3. The Morgan fingerprint density at radius 3 is 2.46 bits per heavy atom. The van der Waals surface area contributed by atoms with Gasteiger partial charge in [0.05, 0.1) is 0 Å². The average molecular weight is 292 g/mol. The molecule has 0 amide bonds. The van der Waals surface area contributed by atoms with Crippen LogP contribution in [0.25, 0.3) is 0 Å². The van der Waals surface area contributed by atoms with Crippen LogP contribution in [-0.4, -0.2) is 14.7 Å². The van der Waals surface area contributed by atoms with Crippen LogP contribution in [0.4, 0.5) is 0 Å². The van der Waals surface area contributed by atoms with Crippen molar-refractivity contribution in [3.63, 3.8) is 0 Å². The third kappa shape index (κ3) is 3.31. The fourth-order valence-corrected chi connectivity index (χ4v) is 0.799. The number of carbonyl (C=O) groups is 1. The van der Waals surface area contributed by atoms with Crippen molar-refractivity contribution in [1.29, 1.82) is 0 Å². The number of hydrogen-bond acceptors (Lipinski definition) is 3. The average Bonchev–Trinajstić information content (AvgIpc) is 2.04. The summed E-state index contributed by atoms with van der Waals surface area (Å²) < 4.78 is 3.40. The normalized spacial score (nSPS) is 14.7. The molecular formula is C9H9IO3. The molecule has 1 unspecified atom stereocenters. The lowest BCUT2D eigenvalue weighted by Crippen LogP contribution is -2.31. The number of hydrogen-bond donors (Lipinski definition) is 1. The summed E-state index contributed by atoms with van der Waals surface area (Å²) in [6, 6.07) is 8.63. The highest BCUT2D eigenvalue weighted by atomic mass is 127. The maximum atomic E-state index is 11.2. The molecule has 0 spiro atoms. The van der Waals surface area contributed by atoms with E-state index in [-0.39, 0.29) is 0 Å². The predicted molar refractivity (Wildman–Crippen MR) is 56.7 cm³/mol. The largest absolute Gasteiger partial charge is 0.424 e. The molecule has 0 aliphatic carbocycles. The first-order valence-corrected chi connectivity index (χ1v) is 4.76. The number of carbonyl (C=O) groups excluding carboxylic acids is 1. The minimum absolute atomic E-state index is 0.435. The number of alkyl halides is 1. The van der Waals surface area contributed by atoms with E-state index in [1.165, 1.54) is 6.92 Å². The van der Waals surface area contributed by atoms with Gasteiger partial charge in [0.25, 0.3) is 0 Å². The second kappa shape index (κ2) is 4.06. The molecule has 0 aromatic heterocycles. The van der Waals surface area contributed by atoms with E-state index in [4.69, 9.17) is 4.74 Å². The molecule has 1 aromatic carbocycles. The fourth-order valence-electron chi connectivity index (χ4n) is 0.689. The highest BCUT2D eigenvalue weighted by Crippen LogP contribution is 2.18. The Labute approximate surface area is 89.9 Å². The Balaban J connectivity index is 2.66. The number of para-hydroxylation sites is 1. The van der Waals surface area contributed by atoms with E-state index in [0.717, 1.165) is 0 Å². The lowest BCUT2D eigenvalue weighted by atomic mass is 10.3. The summed E-state index contributed by atoms with van der Waals surface area (Å²) in [6.45, 7) is 1.37. The van der Waals surface area contributed by atoms with Crippen molar-refractivity contribution >= 4 is 28.6 Å². The van der Waals surface area contributed by atoms with Crippen molar-refractivity contribution in [2.24, 2.45) is 0 Å². The van der Waals surface area contributed by atoms with Crippen LogP contribution in [0.1, 0.15) is 6.92 Å². The maximum absolute atomic E-state index is 11.2. The first-order valence-electron chi connectivity index (χ1n) is 3.69. The van der Waals surface area contributed by atoms with Crippen LogP contribution in [0, 0.1) is 0 Å². The van der Waals surface area contributed by atoms with Crippen LogP contribution in [0.2, 0.25) is 0 Å². The Morgan fingerprint density at radius 2 is 2.00 bits per heavy atom. The molecule has 0 aliphatic heterocycles. The molecule has 70 valence electrons. The van der Waals surface area contributed by atoms with Crippen LogP contribution < -0.4 is 4.74 Å². The van der Waals surface area contributed by atoms with Gasteiger partial charge in [0, 0.05) is 0 Å². The lowest BCUT2D eigenvalue weighted by molar-refractivity contribution is -0.144. The molecule has 0 radical (unpaired) electrons. The maximum Gasteiger partial charge on any atom is 0.353 e. The predicted octanol–water partition coefficient (Wildman–Crippen LogP) is 1.74. The van der Waals surface area contributed by atoms with Gasteiger partial charge < -0.3 is 9.84 Å². The quantitative estimate of drug-likeness (QED) is 0.391. The number of ether oxygens (including phenoxy) is 1. The summed E-state index contributed by atoms with van der Waals surface area (Å²) in [6.07, 6.45) is 0. The van der Waals surface area contributed by atoms with Crippen LogP contribution in [-0.2, 0) is 4.79 Å². The van der Waals surface area contributed by atoms with Crippen molar-refractivity contribution in [3.8, 4) is 5.75 Å². The van der Waals surface area contributed by atoms with Gasteiger partial charge >= 0.3 is 5.97 Å². The number of benzene rings is 1. The number of aliphatic hydroxyl groups is 1. The van der Waals surface area contributed by atoms with Crippen LogP contribution in [0.3, 0.4) is 0 Å². The summed E-state index contributed by atoms with van der Waals surface area (Å²) >= 11 is 1.61. The van der Waals surface area contributed by atoms with Crippen molar-refractivity contribution < 1.29 is 14.6 Å². The van der Waals surface area contributed by atoms with Gasteiger partial charge in [0.2, 0.25) is 3.61 Å². The second-order valence-corrected chi connectivity index (χ2v) is 4.76. The molecule has 1 rings (SSSR count). The molecule has 0 heterocycles. The monoisotopic (exact) mass is 292 g/mol. The van der Waals surface area contributed by atoms with Crippen LogP contribution in [0.15, 0.2) is 30.3 Å². The zero-order valence-corrected chi connectivity index (χ0v) is 9.19. The lowest BCUT2D eigenvalue weighted by Gasteiger charge is -2.13. The van der Waals surface area contributed by atoms with Gasteiger partial charge in [-0.05, 0) is 41.6 Å². The first kappa shape index (κ1) is 10.5. The third-order valence-corrected chi connectivity index (χ3v) is 1.77. The molecule has 13 heavy (non-hydrogen) atoms. The van der Waals surface area contributed by atoms with Crippen molar-refractivity contribution in [2.45, 2.75) is 10.5 Å². The highest BCUT2D eigenvalue weighted by Gasteiger charge is 2.28. The Kier molecular flexibility index (Phi) is 3.27. The van der Waals surface area contributed by atoms with Crippen molar-refractivity contribution in [3.05, 3.63) is 30.3 Å². The Morgan fingerprint density at radius 1 is 1.46 bits per heavy atom. The summed E-state index contributed by atoms with van der Waals surface area (Å²) in [5.41, 5.74) is 0. The zero-order chi connectivity index (χ0) is 9.90. The van der Waals surface area contributed by atoms with Crippen molar-refractivity contribution in [2.75, 3.05) is 0 Å². The van der Waals surface area contributed by atoms with E-state index in [0.29, 0.717) is 5.75 Å². The SMILES string of the molecule is CC(O)(I)C(=O)Oc1ccccc1. The van der Waals surface area contributed by atoms with E-state index < -0.39 is 9.58 Å². The molecular weight excluding hydrogens is 283 g/mol. The van der Waals surface area contributed by atoms with E-state index in [1.807, 2.05) is 6.07 Å². The van der Waals surface area contributed by atoms with E-state index >= 15 is 0 Å². The van der Waals surface area contributed by atoms with E-state index in [2.05, 4.69) is 0 Å². The summed E-state index contributed by atoms with van der Waals surface area (Å²) in [5.74, 6) is -0.233. The van der Waals surface area contributed by atoms with Gasteiger partial charge in [-0.2, -0.15) is 0 Å². The van der Waals surface area contributed by atoms with Gasteiger partial charge in [0.15, 0.2) is 0 Å². The minimum Gasteiger partial charge on any atom is -0.424 e. The molecule has 3 nitrogen and oxygen atoms in total. The summed E-state index contributed by atoms with van der Waals surface area (Å²) in [4.78, 5) is 11.2. The van der Waals surface area contributed by atoms with Gasteiger partial charge in [-0.3, -0.25) is 0 Å². The second-order valence-electron chi connectivity index (χ2n) is 2.66. The Hall–Kier alpha value is -0.620. The molecule has 0 bridgehead atoms. The molecule has 4 heteroatoms. The van der Waals surface area contributed by atoms with E-state index in [1.54, 1.807) is 46.9 Å². The van der Waals surface area contributed by atoms with Gasteiger partial charge in [0.1, 0.15) is 5.75 Å². The highest BCUT2D eigenvalue weighted by molar-refractivity contribution is 14.1. The zero-order valence-electron chi connectivity index (χ0n) is 7.03. The van der Waals surface area contributed by atoms with Crippen LogP contribution >= 0.6 is 22.6 Å². The fraction of sp³-hybridized carbons (Fsp3) is 0.222. The van der Waals surface area contributed by atoms with Gasteiger partial charge in [-0.1, -0.05) is 18.2 Å².